The van der Waals surface area contributed by atoms with Crippen LogP contribution >= 0.6 is 0 Å². The molecule has 0 unspecified atom stereocenters. The van der Waals surface area contributed by atoms with Gasteiger partial charge >= 0.3 is 0 Å². The van der Waals surface area contributed by atoms with Gasteiger partial charge in [-0.05, 0) is 31.2 Å². The maximum atomic E-state index is 12.2. The molecule has 128 valence electrons. The first-order chi connectivity index (χ1) is 11.3. The van der Waals surface area contributed by atoms with Crippen molar-refractivity contribution < 1.29 is 23.1 Å². The minimum Gasteiger partial charge on any atom is -0.504 e. The van der Waals surface area contributed by atoms with Crippen LogP contribution in [0.3, 0.4) is 0 Å². The Labute approximate surface area is 141 Å². The van der Waals surface area contributed by atoms with Gasteiger partial charge in [0.05, 0.1) is 17.8 Å². The third-order valence-electron chi connectivity index (χ3n) is 3.44. The van der Waals surface area contributed by atoms with E-state index in [2.05, 4.69) is 5.32 Å². The summed E-state index contributed by atoms with van der Waals surface area (Å²) in [6.45, 7) is 1.87. The van der Waals surface area contributed by atoms with Crippen molar-refractivity contribution >= 4 is 21.4 Å². The highest BCUT2D eigenvalue weighted by atomic mass is 32.2. The van der Waals surface area contributed by atoms with E-state index in [1.165, 1.54) is 31.4 Å². The summed E-state index contributed by atoms with van der Waals surface area (Å²) >= 11 is 0. The monoisotopic (exact) mass is 349 g/mol. The average Bonchev–Trinajstić information content (AvgIpc) is 2.54. The smallest absolute Gasteiger partial charge is 0.225 e. The number of hydrogen-bond acceptors (Lipinski definition) is 5. The zero-order chi connectivity index (χ0) is 17.7. The van der Waals surface area contributed by atoms with Crippen LogP contribution in [-0.2, 0) is 14.6 Å². The quantitative estimate of drug-likeness (QED) is 0.836. The van der Waals surface area contributed by atoms with Gasteiger partial charge in [-0.2, -0.15) is 0 Å². The molecule has 1 amide bonds. The Balaban J connectivity index is 1.97. The van der Waals surface area contributed by atoms with Gasteiger partial charge in [0.15, 0.2) is 21.3 Å². The lowest BCUT2D eigenvalue weighted by molar-refractivity contribution is -0.115. The molecule has 2 aromatic carbocycles. The number of phenolic OH excluding ortho intramolecular Hbond substituents is 1. The molecule has 0 fully saturated rings. The minimum absolute atomic E-state index is 0.109. The molecule has 0 aliphatic carbocycles. The highest BCUT2D eigenvalue weighted by Crippen LogP contribution is 2.28. The van der Waals surface area contributed by atoms with Gasteiger partial charge in [-0.15, -0.1) is 0 Å². The van der Waals surface area contributed by atoms with Gasteiger partial charge in [0, 0.05) is 18.2 Å². The predicted molar refractivity (Wildman–Crippen MR) is 91.1 cm³/mol. The van der Waals surface area contributed by atoms with Crippen LogP contribution in [-0.4, -0.2) is 32.3 Å². The van der Waals surface area contributed by atoms with Gasteiger partial charge < -0.3 is 15.2 Å². The fourth-order valence-electron chi connectivity index (χ4n) is 2.08. The van der Waals surface area contributed by atoms with Crippen LogP contribution in [0.25, 0.3) is 0 Å². The standard InChI is InChI=1S/C17H19NO5S/c1-12-3-6-14(7-4-12)24(21,22)10-9-17(20)18-13-5-8-16(23-2)15(19)11-13/h3-8,11,19H,9-10H2,1-2H3,(H,18,20). The van der Waals surface area contributed by atoms with Crippen molar-refractivity contribution in [1.29, 1.82) is 0 Å². The lowest BCUT2D eigenvalue weighted by Gasteiger charge is -2.08. The Hall–Kier alpha value is -2.54. The van der Waals surface area contributed by atoms with Crippen LogP contribution in [0.5, 0.6) is 11.5 Å². The second-order valence-electron chi connectivity index (χ2n) is 5.32. The van der Waals surface area contributed by atoms with E-state index in [1.54, 1.807) is 18.2 Å². The van der Waals surface area contributed by atoms with Crippen LogP contribution < -0.4 is 10.1 Å². The van der Waals surface area contributed by atoms with Crippen molar-refractivity contribution in [3.63, 3.8) is 0 Å². The third kappa shape index (κ3) is 4.48. The summed E-state index contributed by atoms with van der Waals surface area (Å²) in [6.07, 6.45) is -0.178. The summed E-state index contributed by atoms with van der Waals surface area (Å²) < 4.78 is 29.3. The number of methoxy groups -OCH3 is 1. The zero-order valence-electron chi connectivity index (χ0n) is 13.4. The van der Waals surface area contributed by atoms with E-state index in [9.17, 15) is 18.3 Å². The van der Waals surface area contributed by atoms with E-state index in [-0.39, 0.29) is 28.6 Å². The van der Waals surface area contributed by atoms with E-state index in [1.807, 2.05) is 6.92 Å². The predicted octanol–water partition coefficient (Wildman–Crippen LogP) is 2.51. The fourth-order valence-corrected chi connectivity index (χ4v) is 3.32. The lowest BCUT2D eigenvalue weighted by Crippen LogP contribution is -2.17. The van der Waals surface area contributed by atoms with Crippen molar-refractivity contribution in [1.82, 2.24) is 0 Å². The number of aromatic hydroxyl groups is 1. The number of hydrogen-bond donors (Lipinski definition) is 2. The maximum Gasteiger partial charge on any atom is 0.225 e. The van der Waals surface area contributed by atoms with Gasteiger partial charge in [-0.25, -0.2) is 8.42 Å². The van der Waals surface area contributed by atoms with E-state index in [4.69, 9.17) is 4.74 Å². The van der Waals surface area contributed by atoms with Crippen LogP contribution in [0.2, 0.25) is 0 Å². The average molecular weight is 349 g/mol. The van der Waals surface area contributed by atoms with Crippen molar-refractivity contribution in [2.75, 3.05) is 18.2 Å². The molecule has 2 aromatic rings. The molecule has 7 heteroatoms. The van der Waals surface area contributed by atoms with E-state index >= 15 is 0 Å². The summed E-state index contributed by atoms with van der Waals surface area (Å²) in [7, 11) is -2.09. The number of aryl methyl sites for hydroxylation is 1. The lowest BCUT2D eigenvalue weighted by atomic mass is 10.2. The molecular formula is C17H19NO5S. The second-order valence-corrected chi connectivity index (χ2v) is 7.43. The molecule has 0 aromatic heterocycles. The number of rotatable bonds is 6. The number of ether oxygens (including phenoxy) is 1. The molecule has 0 saturated heterocycles. The van der Waals surface area contributed by atoms with Crippen molar-refractivity contribution in [3.8, 4) is 11.5 Å². The van der Waals surface area contributed by atoms with Gasteiger partial charge in [0.25, 0.3) is 0 Å². The van der Waals surface area contributed by atoms with Gasteiger partial charge in [0.1, 0.15) is 0 Å². The Morgan fingerprint density at radius 3 is 2.42 bits per heavy atom. The Kier molecular flexibility index (Phi) is 5.46. The summed E-state index contributed by atoms with van der Waals surface area (Å²) in [5, 5.41) is 12.2. The molecule has 0 aliphatic heterocycles. The first-order valence-electron chi connectivity index (χ1n) is 7.28. The molecule has 0 heterocycles. The van der Waals surface area contributed by atoms with Gasteiger partial charge in [-0.1, -0.05) is 17.7 Å². The number of anilines is 1. The summed E-state index contributed by atoms with van der Waals surface area (Å²) in [5.41, 5.74) is 1.33. The summed E-state index contributed by atoms with van der Waals surface area (Å²) in [6, 6.07) is 10.9. The highest BCUT2D eigenvalue weighted by Gasteiger charge is 2.16. The minimum atomic E-state index is -3.51. The number of benzene rings is 2. The van der Waals surface area contributed by atoms with E-state index in [0.717, 1.165) is 5.56 Å². The third-order valence-corrected chi connectivity index (χ3v) is 5.17. The first-order valence-corrected chi connectivity index (χ1v) is 8.93. The van der Waals surface area contributed by atoms with Crippen LogP contribution in [0.15, 0.2) is 47.4 Å². The molecule has 6 nitrogen and oxygen atoms in total. The van der Waals surface area contributed by atoms with Crippen molar-refractivity contribution in [2.24, 2.45) is 0 Å². The molecule has 0 spiro atoms. The summed E-state index contributed by atoms with van der Waals surface area (Å²) in [5.74, 6) is -0.558. The maximum absolute atomic E-state index is 12.2. The molecule has 2 N–H and O–H groups in total. The van der Waals surface area contributed by atoms with E-state index in [0.29, 0.717) is 5.69 Å². The number of nitrogens with one attached hydrogen (secondary N) is 1. The molecule has 0 aliphatic rings. The molecule has 0 radical (unpaired) electrons. The topological polar surface area (TPSA) is 92.7 Å². The Morgan fingerprint density at radius 1 is 1.17 bits per heavy atom. The number of amides is 1. The number of sulfone groups is 1. The molecule has 2 rings (SSSR count). The van der Waals surface area contributed by atoms with Crippen LogP contribution in [0, 0.1) is 6.92 Å². The molecular weight excluding hydrogens is 330 g/mol. The normalized spacial score (nSPS) is 11.1. The molecule has 0 atom stereocenters. The van der Waals surface area contributed by atoms with E-state index < -0.39 is 15.7 Å². The fraction of sp³-hybridized carbons (Fsp3) is 0.235. The number of carbonyl (C=O) groups excluding carboxylic acids is 1. The first kappa shape index (κ1) is 17.8. The number of carbonyl (C=O) groups is 1. The zero-order valence-corrected chi connectivity index (χ0v) is 14.3. The Bertz CT molecular complexity index is 829. The van der Waals surface area contributed by atoms with Crippen LogP contribution in [0.4, 0.5) is 5.69 Å². The Morgan fingerprint density at radius 2 is 1.83 bits per heavy atom. The molecule has 0 saturated carbocycles. The van der Waals surface area contributed by atoms with Crippen molar-refractivity contribution in [2.45, 2.75) is 18.2 Å². The summed E-state index contributed by atoms with van der Waals surface area (Å²) in [4.78, 5) is 12.1. The highest BCUT2D eigenvalue weighted by molar-refractivity contribution is 7.91. The van der Waals surface area contributed by atoms with Gasteiger partial charge in [-0.3, -0.25) is 4.79 Å². The number of phenols is 1. The molecule has 24 heavy (non-hydrogen) atoms. The SMILES string of the molecule is COc1ccc(NC(=O)CCS(=O)(=O)c2ccc(C)cc2)cc1O. The van der Waals surface area contributed by atoms with Crippen molar-refractivity contribution in [3.05, 3.63) is 48.0 Å². The molecule has 0 bridgehead atoms. The largest absolute Gasteiger partial charge is 0.504 e. The van der Waals surface area contributed by atoms with Gasteiger partial charge in [0.2, 0.25) is 5.91 Å². The second kappa shape index (κ2) is 7.35. The van der Waals surface area contributed by atoms with Crippen LogP contribution in [0.1, 0.15) is 12.0 Å².